The van der Waals surface area contributed by atoms with Crippen LogP contribution in [0.5, 0.6) is 0 Å². The molecule has 1 saturated heterocycles. The second kappa shape index (κ2) is 8.55. The average molecular weight is 444 g/mol. The Labute approximate surface area is 183 Å². The van der Waals surface area contributed by atoms with Crippen molar-refractivity contribution < 1.29 is 13.2 Å². The molecule has 0 saturated carbocycles. The molecule has 31 heavy (non-hydrogen) atoms. The molecule has 166 valence electrons. The Balaban J connectivity index is 1.57. The van der Waals surface area contributed by atoms with E-state index in [4.69, 9.17) is 9.97 Å². The first-order valence-corrected chi connectivity index (χ1v) is 12.2. The number of hydrogen-bond donors (Lipinski definition) is 1. The summed E-state index contributed by atoms with van der Waals surface area (Å²) < 4.78 is 27.7. The molecule has 2 aliphatic heterocycles. The van der Waals surface area contributed by atoms with E-state index in [9.17, 15) is 13.2 Å². The van der Waals surface area contributed by atoms with Crippen molar-refractivity contribution >= 4 is 21.7 Å². The standard InChI is InChI=1S/C22H29N5O3S/c1-15-4-6-17(7-5-15)14-31(29,30)27-11-9-19-20(13-27)24-21(25-22(19)23-3)18-8-10-26(12-18)16(2)28/h4-7,18H,8-14H2,1-3H3,(H,23,24,25). The summed E-state index contributed by atoms with van der Waals surface area (Å²) in [5, 5.41) is 3.15. The number of likely N-dealkylation sites (tertiary alicyclic amines) is 1. The molecule has 8 nitrogen and oxygen atoms in total. The van der Waals surface area contributed by atoms with Crippen molar-refractivity contribution in [2.24, 2.45) is 0 Å². The van der Waals surface area contributed by atoms with E-state index in [1.54, 1.807) is 6.92 Å². The fourth-order valence-electron chi connectivity index (χ4n) is 4.30. The highest BCUT2D eigenvalue weighted by molar-refractivity contribution is 7.88. The molecule has 1 aromatic heterocycles. The fraction of sp³-hybridized carbons (Fsp3) is 0.500. The smallest absolute Gasteiger partial charge is 0.219 e. The number of nitrogens with one attached hydrogen (secondary N) is 1. The minimum atomic E-state index is -3.46. The predicted molar refractivity (Wildman–Crippen MR) is 119 cm³/mol. The van der Waals surface area contributed by atoms with Gasteiger partial charge in [0.2, 0.25) is 15.9 Å². The van der Waals surface area contributed by atoms with E-state index >= 15 is 0 Å². The van der Waals surface area contributed by atoms with Crippen molar-refractivity contribution in [3.63, 3.8) is 0 Å². The molecule has 0 bridgehead atoms. The fourth-order valence-corrected chi connectivity index (χ4v) is 5.78. The van der Waals surface area contributed by atoms with Gasteiger partial charge >= 0.3 is 0 Å². The summed E-state index contributed by atoms with van der Waals surface area (Å²) in [5.74, 6) is 1.56. The quantitative estimate of drug-likeness (QED) is 0.760. The summed E-state index contributed by atoms with van der Waals surface area (Å²) in [5.41, 5.74) is 3.63. The second-order valence-electron chi connectivity index (χ2n) is 8.38. The molecule has 1 N–H and O–H groups in total. The third-order valence-corrected chi connectivity index (χ3v) is 7.94. The molecule has 0 spiro atoms. The van der Waals surface area contributed by atoms with Gasteiger partial charge in [-0.25, -0.2) is 18.4 Å². The average Bonchev–Trinajstić information content (AvgIpc) is 3.25. The highest BCUT2D eigenvalue weighted by Gasteiger charge is 2.32. The van der Waals surface area contributed by atoms with Gasteiger partial charge in [-0.3, -0.25) is 4.79 Å². The topological polar surface area (TPSA) is 95.5 Å². The van der Waals surface area contributed by atoms with E-state index in [-0.39, 0.29) is 24.1 Å². The van der Waals surface area contributed by atoms with Crippen LogP contribution in [-0.2, 0) is 33.5 Å². The monoisotopic (exact) mass is 443 g/mol. The van der Waals surface area contributed by atoms with Gasteiger partial charge in [-0.15, -0.1) is 0 Å². The molecule has 2 aromatic rings. The second-order valence-corrected chi connectivity index (χ2v) is 10.4. The summed E-state index contributed by atoms with van der Waals surface area (Å²) in [7, 11) is -1.64. The molecule has 4 rings (SSSR count). The number of aryl methyl sites for hydroxylation is 1. The normalized spacial score (nSPS) is 19.3. The number of amides is 1. The SMILES string of the molecule is CNc1nc(C2CCN(C(C)=O)C2)nc2c1CCN(S(=O)(=O)Cc1ccc(C)cc1)C2. The molecule has 1 fully saturated rings. The summed E-state index contributed by atoms with van der Waals surface area (Å²) >= 11 is 0. The van der Waals surface area contributed by atoms with E-state index in [2.05, 4.69) is 5.32 Å². The number of carbonyl (C=O) groups is 1. The minimum Gasteiger partial charge on any atom is -0.373 e. The molecule has 1 unspecified atom stereocenters. The lowest BCUT2D eigenvalue weighted by Gasteiger charge is -2.29. The lowest BCUT2D eigenvalue weighted by atomic mass is 10.0. The van der Waals surface area contributed by atoms with Gasteiger partial charge in [-0.1, -0.05) is 29.8 Å². The first-order valence-electron chi connectivity index (χ1n) is 10.6. The van der Waals surface area contributed by atoms with Gasteiger partial charge in [0, 0.05) is 45.1 Å². The number of fused-ring (bicyclic) bond motifs is 1. The van der Waals surface area contributed by atoms with Crippen molar-refractivity contribution in [2.75, 3.05) is 32.0 Å². The number of sulfonamides is 1. The summed E-state index contributed by atoms with van der Waals surface area (Å²) in [4.78, 5) is 23.0. The number of nitrogens with zero attached hydrogens (tertiary/aromatic N) is 4. The first kappa shape index (κ1) is 21.7. The van der Waals surface area contributed by atoms with Crippen LogP contribution in [0.2, 0.25) is 0 Å². The van der Waals surface area contributed by atoms with Gasteiger partial charge in [0.25, 0.3) is 0 Å². The maximum atomic E-state index is 13.1. The van der Waals surface area contributed by atoms with Crippen molar-refractivity contribution in [2.45, 2.75) is 44.9 Å². The summed E-state index contributed by atoms with van der Waals surface area (Å²) in [6.45, 7) is 5.53. The van der Waals surface area contributed by atoms with Gasteiger partial charge in [0.05, 0.1) is 18.0 Å². The van der Waals surface area contributed by atoms with Crippen molar-refractivity contribution in [3.8, 4) is 0 Å². The highest BCUT2D eigenvalue weighted by atomic mass is 32.2. The zero-order chi connectivity index (χ0) is 22.2. The summed E-state index contributed by atoms with van der Waals surface area (Å²) in [6, 6.07) is 7.60. The zero-order valence-electron chi connectivity index (χ0n) is 18.3. The molecular formula is C22H29N5O3S. The molecule has 3 heterocycles. The Morgan fingerprint density at radius 2 is 1.94 bits per heavy atom. The Kier molecular flexibility index (Phi) is 5.98. The minimum absolute atomic E-state index is 0.0182. The van der Waals surface area contributed by atoms with Crippen LogP contribution in [0.3, 0.4) is 0 Å². The lowest BCUT2D eigenvalue weighted by Crippen LogP contribution is -2.38. The molecule has 0 radical (unpaired) electrons. The Hall–Kier alpha value is -2.52. The van der Waals surface area contributed by atoms with Gasteiger partial charge in [0.1, 0.15) is 11.6 Å². The maximum absolute atomic E-state index is 13.1. The van der Waals surface area contributed by atoms with E-state index in [1.165, 1.54) is 4.31 Å². The van der Waals surface area contributed by atoms with Gasteiger partial charge in [-0.05, 0) is 25.3 Å². The molecule has 1 aromatic carbocycles. The number of rotatable bonds is 5. The van der Waals surface area contributed by atoms with E-state index in [0.717, 1.165) is 34.6 Å². The van der Waals surface area contributed by atoms with Gasteiger partial charge < -0.3 is 10.2 Å². The number of carbonyl (C=O) groups excluding carboxylic acids is 1. The Morgan fingerprint density at radius 1 is 1.19 bits per heavy atom. The van der Waals surface area contributed by atoms with Gasteiger partial charge in [-0.2, -0.15) is 4.31 Å². The van der Waals surface area contributed by atoms with Crippen LogP contribution in [0.15, 0.2) is 24.3 Å². The maximum Gasteiger partial charge on any atom is 0.219 e. The highest BCUT2D eigenvalue weighted by Crippen LogP contribution is 2.31. The largest absolute Gasteiger partial charge is 0.373 e. The Morgan fingerprint density at radius 3 is 2.58 bits per heavy atom. The molecular weight excluding hydrogens is 414 g/mol. The van der Waals surface area contributed by atoms with Crippen LogP contribution in [0.4, 0.5) is 5.82 Å². The molecule has 1 atom stereocenters. The van der Waals surface area contributed by atoms with E-state index < -0.39 is 10.0 Å². The van der Waals surface area contributed by atoms with Crippen LogP contribution in [-0.4, -0.2) is 60.2 Å². The lowest BCUT2D eigenvalue weighted by molar-refractivity contribution is -0.127. The van der Waals surface area contributed by atoms with E-state index in [0.29, 0.717) is 31.9 Å². The molecule has 0 aliphatic carbocycles. The van der Waals surface area contributed by atoms with Gasteiger partial charge in [0.15, 0.2) is 0 Å². The zero-order valence-corrected chi connectivity index (χ0v) is 19.1. The first-order chi connectivity index (χ1) is 14.8. The number of hydrogen-bond acceptors (Lipinski definition) is 6. The third-order valence-electron chi connectivity index (χ3n) is 6.15. The van der Waals surface area contributed by atoms with Crippen molar-refractivity contribution in [1.29, 1.82) is 0 Å². The number of benzene rings is 1. The molecule has 9 heteroatoms. The number of aromatic nitrogens is 2. The van der Waals surface area contributed by atoms with E-state index in [1.807, 2.05) is 43.1 Å². The molecule has 1 amide bonds. The van der Waals surface area contributed by atoms with Crippen molar-refractivity contribution in [1.82, 2.24) is 19.2 Å². The number of anilines is 1. The van der Waals surface area contributed by atoms with Crippen LogP contribution in [0, 0.1) is 6.92 Å². The molecule has 2 aliphatic rings. The van der Waals surface area contributed by atoms with Crippen LogP contribution < -0.4 is 5.32 Å². The van der Waals surface area contributed by atoms with Crippen LogP contribution >= 0.6 is 0 Å². The van der Waals surface area contributed by atoms with Crippen LogP contribution in [0.25, 0.3) is 0 Å². The third kappa shape index (κ3) is 4.57. The van der Waals surface area contributed by atoms with Crippen LogP contribution in [0.1, 0.15) is 47.5 Å². The Bertz CT molecular complexity index is 1090. The predicted octanol–water partition coefficient (Wildman–Crippen LogP) is 2.05. The van der Waals surface area contributed by atoms with Crippen molar-refractivity contribution in [3.05, 3.63) is 52.5 Å². The summed E-state index contributed by atoms with van der Waals surface area (Å²) in [6.07, 6.45) is 1.39.